The molecule has 0 saturated carbocycles. The van der Waals surface area contributed by atoms with Gasteiger partial charge in [-0.05, 0) is 273 Å². The summed E-state index contributed by atoms with van der Waals surface area (Å²) in [5.41, 5.74) is 37.8. The highest BCUT2D eigenvalue weighted by atomic mass is 15.3. The second-order valence-corrected chi connectivity index (χ2v) is 36.8. The first-order valence-electron chi connectivity index (χ1n) is 45.0. The van der Waals surface area contributed by atoms with Crippen molar-refractivity contribution in [2.24, 2.45) is 5.92 Å². The first kappa shape index (κ1) is 75.3. The van der Waals surface area contributed by atoms with Crippen molar-refractivity contribution in [3.63, 3.8) is 0 Å². The number of benzene rings is 14. The second kappa shape index (κ2) is 29.4. The number of hydrogen-bond donors (Lipinski definition) is 0. The molecule has 8 nitrogen and oxygen atoms in total. The fourth-order valence-electron chi connectivity index (χ4n) is 23.1. The third kappa shape index (κ3) is 11.9. The number of aromatic nitrogens is 2. The molecule has 6 unspecified atom stereocenters. The Hall–Kier alpha value is -14.5. The van der Waals surface area contributed by atoms with Crippen LogP contribution in [0.15, 0.2) is 428 Å². The molecule has 0 amide bonds. The third-order valence-electron chi connectivity index (χ3n) is 28.8. The molecule has 0 saturated heterocycles. The van der Waals surface area contributed by atoms with Crippen LogP contribution in [0.4, 0.5) is 68.2 Å². The van der Waals surface area contributed by atoms with Crippen molar-refractivity contribution in [1.29, 1.82) is 0 Å². The molecule has 16 aromatic rings. The molecule has 0 N–H and O–H groups in total. The number of rotatable bonds is 14. The zero-order chi connectivity index (χ0) is 84.4. The van der Waals surface area contributed by atoms with Gasteiger partial charge >= 0.3 is 0 Å². The minimum Gasteiger partial charge on any atom is -0.355 e. The van der Waals surface area contributed by atoms with Gasteiger partial charge in [0.05, 0.1) is 45.7 Å². The number of para-hydroxylation sites is 7. The average molecular weight is 1620 g/mol. The fraction of sp³-hybridized carbons (Fsp3) is 0.138. The SMILES string of the molecule is CC1=CCC(C)(N(c2ccc3c(c2)N(c2ccccc2)c2cccc4c2B3C2(C)C=CC(N(c3ccc(C)cc3)c3ccc(Cc5ccc6c(c5)c5ccccc5n6-c5ccc6c(c5)N(c5ccccc5)C5=C7B6c6ccc(-n8c9ccccc9c9ccccc98)cc6N(c6ccccc6)C7CC(C)=C5)cc3)=CC2N4c2ccccc2)C2C=CC(C)=CC2C)C=C1. The van der Waals surface area contributed by atoms with Crippen LogP contribution in [0, 0.1) is 12.8 Å². The van der Waals surface area contributed by atoms with E-state index in [1.807, 2.05) is 0 Å². The molecule has 2 aromatic heterocycles. The predicted octanol–water partition coefficient (Wildman–Crippen LogP) is 26.2. The van der Waals surface area contributed by atoms with Crippen molar-refractivity contribution in [2.75, 3.05) is 29.4 Å². The number of fused-ring (bicyclic) bond motifs is 14. The molecule has 606 valence electrons. The quantitative estimate of drug-likeness (QED) is 0.101. The van der Waals surface area contributed by atoms with Crippen molar-refractivity contribution in [2.45, 2.75) is 96.7 Å². The van der Waals surface area contributed by atoms with Crippen LogP contribution in [0.3, 0.4) is 0 Å². The Morgan fingerprint density at radius 2 is 0.952 bits per heavy atom. The first-order chi connectivity index (χ1) is 61.8. The van der Waals surface area contributed by atoms with Crippen molar-refractivity contribution < 1.29 is 0 Å². The van der Waals surface area contributed by atoms with E-state index in [0.717, 1.165) is 64.8 Å². The number of aryl methyl sites for hydroxylation is 1. The van der Waals surface area contributed by atoms with Crippen LogP contribution in [-0.4, -0.2) is 46.2 Å². The lowest BCUT2D eigenvalue weighted by Crippen LogP contribution is -2.66. The van der Waals surface area contributed by atoms with Gasteiger partial charge in [0.25, 0.3) is 0 Å². The number of allylic oxidation sites excluding steroid dienone is 6. The van der Waals surface area contributed by atoms with Crippen LogP contribution in [-0.2, 0) is 6.42 Å². The molecule has 0 spiro atoms. The fourth-order valence-corrected chi connectivity index (χ4v) is 23.1. The summed E-state index contributed by atoms with van der Waals surface area (Å²) < 4.78 is 5.00. The summed E-state index contributed by atoms with van der Waals surface area (Å²) in [5.74, 6) is 0.301. The lowest BCUT2D eigenvalue weighted by Gasteiger charge is -2.56. The normalized spacial score (nSPS) is 20.0. The Bertz CT molecular complexity index is 7360. The maximum atomic E-state index is 2.73. The maximum absolute atomic E-state index is 2.73. The van der Waals surface area contributed by atoms with Gasteiger partial charge in [0.15, 0.2) is 0 Å². The van der Waals surface area contributed by atoms with Crippen LogP contribution >= 0.6 is 0 Å². The van der Waals surface area contributed by atoms with Gasteiger partial charge in [0.1, 0.15) is 0 Å². The zero-order valence-electron chi connectivity index (χ0n) is 72.2. The minimum atomic E-state index is -0.443. The van der Waals surface area contributed by atoms with E-state index in [0.29, 0.717) is 5.92 Å². The lowest BCUT2D eigenvalue weighted by molar-refractivity contribution is 0.435. The molecule has 24 rings (SSSR count). The highest BCUT2D eigenvalue weighted by Gasteiger charge is 2.57. The summed E-state index contributed by atoms with van der Waals surface area (Å²) in [5, 5.41) is 4.55. The van der Waals surface area contributed by atoms with Crippen molar-refractivity contribution in [3.8, 4) is 11.4 Å². The molecular weight excluding hydrogens is 1530 g/mol. The van der Waals surface area contributed by atoms with E-state index in [-0.39, 0.29) is 37.1 Å². The van der Waals surface area contributed by atoms with Gasteiger partial charge in [0.2, 0.25) is 13.4 Å². The Balaban J connectivity index is 0.593. The largest absolute Gasteiger partial charge is 0.355 e. The Morgan fingerprint density at radius 3 is 1.59 bits per heavy atom. The molecule has 126 heavy (non-hydrogen) atoms. The zero-order valence-corrected chi connectivity index (χ0v) is 72.2. The van der Waals surface area contributed by atoms with Gasteiger partial charge in [0, 0.05) is 113 Å². The number of hydrogen-bond acceptors (Lipinski definition) is 6. The number of nitrogens with zero attached hydrogens (tertiary/aromatic N) is 8. The monoisotopic (exact) mass is 1620 g/mol. The molecule has 10 heteroatoms. The van der Waals surface area contributed by atoms with Crippen LogP contribution in [0.2, 0.25) is 5.31 Å². The van der Waals surface area contributed by atoms with E-state index in [2.05, 4.69) is 481 Å². The highest BCUT2D eigenvalue weighted by molar-refractivity contribution is 6.94. The molecule has 6 heterocycles. The van der Waals surface area contributed by atoms with Gasteiger partial charge in [-0.25, -0.2) is 0 Å². The van der Waals surface area contributed by atoms with Crippen molar-refractivity contribution >= 4 is 147 Å². The summed E-state index contributed by atoms with van der Waals surface area (Å²) in [6.45, 7) is 16.3. The summed E-state index contributed by atoms with van der Waals surface area (Å²) in [7, 11) is 0. The molecule has 6 atom stereocenters. The van der Waals surface area contributed by atoms with Gasteiger partial charge in [-0.1, -0.05) is 261 Å². The number of anilines is 12. The summed E-state index contributed by atoms with van der Waals surface area (Å²) in [6, 6.07) is 126. The molecule has 14 aromatic carbocycles. The van der Waals surface area contributed by atoms with E-state index in [4.69, 9.17) is 0 Å². The lowest BCUT2D eigenvalue weighted by atomic mass is 9.23. The molecular formula is C116H96B2N8. The summed E-state index contributed by atoms with van der Waals surface area (Å²) in [6.07, 6.45) is 27.2. The topological polar surface area (TPSA) is 29.3 Å². The van der Waals surface area contributed by atoms with E-state index in [1.165, 1.54) is 150 Å². The Morgan fingerprint density at radius 1 is 0.413 bits per heavy atom. The van der Waals surface area contributed by atoms with Crippen LogP contribution in [0.1, 0.15) is 71.1 Å². The summed E-state index contributed by atoms with van der Waals surface area (Å²) >= 11 is 0. The molecule has 0 fully saturated rings. The second-order valence-electron chi connectivity index (χ2n) is 36.8. The molecule has 4 aliphatic carbocycles. The van der Waals surface area contributed by atoms with Crippen LogP contribution in [0.5, 0.6) is 0 Å². The summed E-state index contributed by atoms with van der Waals surface area (Å²) in [4.78, 5) is 15.7. The van der Waals surface area contributed by atoms with Crippen LogP contribution in [0.25, 0.3) is 55.0 Å². The van der Waals surface area contributed by atoms with Gasteiger partial charge < -0.3 is 38.5 Å². The van der Waals surface area contributed by atoms with Gasteiger partial charge in [-0.2, -0.15) is 0 Å². The van der Waals surface area contributed by atoms with E-state index < -0.39 is 5.31 Å². The smallest absolute Gasteiger partial charge is 0.247 e. The molecule has 4 aliphatic heterocycles. The molecule has 0 radical (unpaired) electrons. The maximum Gasteiger partial charge on any atom is 0.247 e. The predicted molar refractivity (Wildman–Crippen MR) is 534 cm³/mol. The standard InChI is InChI=1S/C116H96B2N8/c1-76-43-49-87(50-44-76)119(91-63-66-116(7)112(75-91)125(86-33-18-11-19-34-86)106-42-26-41-105-114(106)118(116)99-58-55-92(74-109(99)120(105)83-27-12-8-13-28-83)126(100-59-45-78(3)67-80(100)5)115(6)64-61-77(2)62-65-115)88-51-46-81(47-52-88)70-82-48-60-104-96(71-82)95-37-22-25-40-103(95)124(104)90-54-57-98-108(73-90)122(85-31-16-10-17-32-85)111-69-79(4)68-110-113(111)117(98)97-56-53-89(72-107(97)121(110)84-29-14-9-15-30-84)123-101-38-23-20-35-93(101)94-36-21-24-39-102(94)123/h8-64,66-67,69,71-75,80,100,110,112H,65,68,70H2,1-7H3. The van der Waals surface area contributed by atoms with Gasteiger partial charge in [-0.3, -0.25) is 0 Å². The van der Waals surface area contributed by atoms with Crippen LogP contribution < -0.4 is 51.3 Å². The Kier molecular flexibility index (Phi) is 17.5. The third-order valence-corrected chi connectivity index (χ3v) is 28.8. The minimum absolute atomic E-state index is 0.00687. The van der Waals surface area contributed by atoms with E-state index in [1.54, 1.807) is 0 Å². The average Bonchev–Trinajstić information content (AvgIpc) is 0.734. The van der Waals surface area contributed by atoms with Gasteiger partial charge in [-0.15, -0.1) is 0 Å². The van der Waals surface area contributed by atoms with E-state index >= 15 is 0 Å². The molecule has 0 bridgehead atoms. The van der Waals surface area contributed by atoms with Crippen molar-refractivity contribution in [1.82, 2.24) is 9.13 Å². The van der Waals surface area contributed by atoms with E-state index in [9.17, 15) is 0 Å². The van der Waals surface area contributed by atoms with Crippen molar-refractivity contribution in [3.05, 3.63) is 445 Å². The molecule has 8 aliphatic rings. The first-order valence-corrected chi connectivity index (χ1v) is 45.0. The highest BCUT2D eigenvalue weighted by Crippen LogP contribution is 2.57. The Labute approximate surface area is 739 Å².